The van der Waals surface area contributed by atoms with Crippen molar-refractivity contribution in [2.24, 2.45) is 0 Å². The predicted molar refractivity (Wildman–Crippen MR) is 72.8 cm³/mol. The van der Waals surface area contributed by atoms with E-state index in [1.807, 2.05) is 19.1 Å². The fraction of sp³-hybridized carbons (Fsp3) is 0.400. The van der Waals surface area contributed by atoms with Crippen LogP contribution in [0.4, 0.5) is 0 Å². The molecule has 0 bridgehead atoms. The van der Waals surface area contributed by atoms with E-state index in [1.165, 1.54) is 23.8 Å². The molecule has 1 fully saturated rings. The van der Waals surface area contributed by atoms with E-state index in [2.05, 4.69) is 28.5 Å². The molecule has 1 aromatic heterocycles. The minimum absolute atomic E-state index is 0.654. The molecule has 2 aromatic rings. The van der Waals surface area contributed by atoms with Gasteiger partial charge in [-0.25, -0.2) is 4.98 Å². The van der Waals surface area contributed by atoms with Gasteiger partial charge < -0.3 is 10.1 Å². The average Bonchev–Trinajstić information content (AvgIpc) is 3.20. The number of pyridine rings is 1. The van der Waals surface area contributed by atoms with Crippen LogP contribution in [0.3, 0.4) is 0 Å². The number of rotatable bonds is 5. The Kier molecular flexibility index (Phi) is 3.15. The minimum Gasteiger partial charge on any atom is -0.478 e. The summed E-state index contributed by atoms with van der Waals surface area (Å²) >= 11 is 0. The van der Waals surface area contributed by atoms with Crippen molar-refractivity contribution in [3.63, 3.8) is 0 Å². The molecule has 0 radical (unpaired) electrons. The fourth-order valence-electron chi connectivity index (χ4n) is 2.13. The van der Waals surface area contributed by atoms with E-state index < -0.39 is 0 Å². The lowest BCUT2D eigenvalue weighted by atomic mass is 10.1. The zero-order valence-corrected chi connectivity index (χ0v) is 10.6. The normalized spacial score (nSPS) is 14.9. The van der Waals surface area contributed by atoms with Crippen LogP contribution >= 0.6 is 0 Å². The molecule has 0 unspecified atom stereocenters. The predicted octanol–water partition coefficient (Wildman–Crippen LogP) is 2.89. The summed E-state index contributed by atoms with van der Waals surface area (Å²) in [6.07, 6.45) is 2.61. The molecule has 1 heterocycles. The number of ether oxygens (including phenoxy) is 1. The molecule has 1 aliphatic rings. The number of fused-ring (bicyclic) bond motifs is 1. The molecular formula is C15H18N2O. The van der Waals surface area contributed by atoms with E-state index in [-0.39, 0.29) is 0 Å². The molecule has 0 saturated heterocycles. The third kappa shape index (κ3) is 2.46. The van der Waals surface area contributed by atoms with Crippen LogP contribution in [0.1, 0.15) is 25.3 Å². The topological polar surface area (TPSA) is 34.1 Å². The average molecular weight is 242 g/mol. The molecule has 3 heteroatoms. The monoisotopic (exact) mass is 242 g/mol. The summed E-state index contributed by atoms with van der Waals surface area (Å²) < 4.78 is 5.54. The lowest BCUT2D eigenvalue weighted by Gasteiger charge is -2.10. The van der Waals surface area contributed by atoms with E-state index in [0.717, 1.165) is 17.9 Å². The van der Waals surface area contributed by atoms with Crippen molar-refractivity contribution in [3.05, 3.63) is 35.9 Å². The van der Waals surface area contributed by atoms with E-state index in [0.29, 0.717) is 12.6 Å². The molecule has 18 heavy (non-hydrogen) atoms. The Bertz CT molecular complexity index is 549. The summed E-state index contributed by atoms with van der Waals surface area (Å²) in [7, 11) is 0. The van der Waals surface area contributed by atoms with Gasteiger partial charge in [-0.2, -0.15) is 0 Å². The van der Waals surface area contributed by atoms with Gasteiger partial charge >= 0.3 is 0 Å². The molecule has 1 N–H and O–H groups in total. The van der Waals surface area contributed by atoms with Gasteiger partial charge in [-0.1, -0.05) is 18.2 Å². The first-order valence-electron chi connectivity index (χ1n) is 6.61. The van der Waals surface area contributed by atoms with Crippen molar-refractivity contribution in [2.45, 2.75) is 32.4 Å². The highest BCUT2D eigenvalue weighted by molar-refractivity contribution is 5.82. The molecule has 1 aromatic carbocycles. The number of aromatic nitrogens is 1. The summed E-state index contributed by atoms with van der Waals surface area (Å²) in [5, 5.41) is 4.77. The van der Waals surface area contributed by atoms with E-state index >= 15 is 0 Å². The van der Waals surface area contributed by atoms with Crippen LogP contribution in [-0.4, -0.2) is 17.6 Å². The second-order valence-corrected chi connectivity index (χ2v) is 4.72. The lowest BCUT2D eigenvalue weighted by Crippen LogP contribution is -2.15. The molecule has 3 rings (SSSR count). The number of nitrogens with zero attached hydrogens (tertiary/aromatic N) is 1. The molecule has 1 saturated carbocycles. The fourth-order valence-corrected chi connectivity index (χ4v) is 2.13. The highest BCUT2D eigenvalue weighted by Crippen LogP contribution is 2.24. The smallest absolute Gasteiger partial charge is 0.214 e. The van der Waals surface area contributed by atoms with E-state index in [9.17, 15) is 0 Å². The summed E-state index contributed by atoms with van der Waals surface area (Å²) in [5.74, 6) is 0.726. The highest BCUT2D eigenvalue weighted by atomic mass is 16.5. The van der Waals surface area contributed by atoms with Gasteiger partial charge in [-0.15, -0.1) is 0 Å². The zero-order chi connectivity index (χ0) is 12.4. The lowest BCUT2D eigenvalue weighted by molar-refractivity contribution is 0.327. The van der Waals surface area contributed by atoms with Crippen LogP contribution in [-0.2, 0) is 6.54 Å². The Morgan fingerprint density at radius 3 is 2.94 bits per heavy atom. The Balaban J connectivity index is 1.95. The van der Waals surface area contributed by atoms with Crippen molar-refractivity contribution < 1.29 is 4.74 Å². The second-order valence-electron chi connectivity index (χ2n) is 4.72. The first-order chi connectivity index (χ1) is 8.86. The van der Waals surface area contributed by atoms with Crippen molar-refractivity contribution in [1.82, 2.24) is 10.3 Å². The van der Waals surface area contributed by atoms with Gasteiger partial charge in [0.2, 0.25) is 5.88 Å². The molecule has 0 amide bonds. The van der Waals surface area contributed by atoms with Crippen LogP contribution < -0.4 is 10.1 Å². The first-order valence-corrected chi connectivity index (χ1v) is 6.61. The van der Waals surface area contributed by atoms with Crippen LogP contribution in [0.2, 0.25) is 0 Å². The molecule has 0 aliphatic heterocycles. The Morgan fingerprint density at radius 2 is 2.17 bits per heavy atom. The van der Waals surface area contributed by atoms with Crippen molar-refractivity contribution in [1.29, 1.82) is 0 Å². The highest BCUT2D eigenvalue weighted by Gasteiger charge is 2.20. The number of hydrogen-bond donors (Lipinski definition) is 1. The Morgan fingerprint density at radius 1 is 1.33 bits per heavy atom. The van der Waals surface area contributed by atoms with Crippen LogP contribution in [0.5, 0.6) is 5.88 Å². The minimum atomic E-state index is 0.654. The van der Waals surface area contributed by atoms with Gasteiger partial charge in [-0.3, -0.25) is 0 Å². The maximum absolute atomic E-state index is 5.54. The quantitative estimate of drug-likeness (QED) is 0.875. The SMILES string of the molecule is CCOc1cc(CNC2CC2)c2ccccc2n1. The number of nitrogens with one attached hydrogen (secondary N) is 1. The van der Waals surface area contributed by atoms with Crippen molar-refractivity contribution in [2.75, 3.05) is 6.61 Å². The Hall–Kier alpha value is -1.61. The van der Waals surface area contributed by atoms with Crippen LogP contribution in [0, 0.1) is 0 Å². The second kappa shape index (κ2) is 4.94. The molecule has 3 nitrogen and oxygen atoms in total. The maximum Gasteiger partial charge on any atom is 0.214 e. The van der Waals surface area contributed by atoms with Gasteiger partial charge in [0.15, 0.2) is 0 Å². The van der Waals surface area contributed by atoms with Gasteiger partial charge in [0.25, 0.3) is 0 Å². The van der Waals surface area contributed by atoms with E-state index in [4.69, 9.17) is 4.74 Å². The van der Waals surface area contributed by atoms with Gasteiger partial charge in [0, 0.05) is 24.0 Å². The van der Waals surface area contributed by atoms with Crippen molar-refractivity contribution >= 4 is 10.9 Å². The van der Waals surface area contributed by atoms with Crippen molar-refractivity contribution in [3.8, 4) is 5.88 Å². The number of benzene rings is 1. The molecule has 94 valence electrons. The maximum atomic E-state index is 5.54. The number of hydrogen-bond acceptors (Lipinski definition) is 3. The van der Waals surface area contributed by atoms with Gasteiger partial charge in [0.1, 0.15) is 0 Å². The standard InChI is InChI=1S/C15H18N2O/c1-2-18-15-9-11(10-16-12-7-8-12)13-5-3-4-6-14(13)17-15/h3-6,9,12,16H,2,7-8,10H2,1H3. The summed E-state index contributed by atoms with van der Waals surface area (Å²) in [6.45, 7) is 3.54. The van der Waals surface area contributed by atoms with Gasteiger partial charge in [-0.05, 0) is 31.4 Å². The molecular weight excluding hydrogens is 224 g/mol. The number of para-hydroxylation sites is 1. The van der Waals surface area contributed by atoms with Gasteiger partial charge in [0.05, 0.1) is 12.1 Å². The van der Waals surface area contributed by atoms with Crippen LogP contribution in [0.15, 0.2) is 30.3 Å². The zero-order valence-electron chi connectivity index (χ0n) is 10.6. The molecule has 0 spiro atoms. The third-order valence-corrected chi connectivity index (χ3v) is 3.23. The third-order valence-electron chi connectivity index (χ3n) is 3.23. The summed E-state index contributed by atoms with van der Waals surface area (Å²) in [6, 6.07) is 11.0. The Labute approximate surface area is 107 Å². The molecule has 1 aliphatic carbocycles. The summed E-state index contributed by atoms with van der Waals surface area (Å²) in [4.78, 5) is 4.52. The first kappa shape index (κ1) is 11.5. The molecule has 0 atom stereocenters. The largest absolute Gasteiger partial charge is 0.478 e. The van der Waals surface area contributed by atoms with Crippen LogP contribution in [0.25, 0.3) is 10.9 Å². The van der Waals surface area contributed by atoms with E-state index in [1.54, 1.807) is 0 Å². The summed E-state index contributed by atoms with van der Waals surface area (Å²) in [5.41, 5.74) is 2.28.